The highest BCUT2D eigenvalue weighted by Gasteiger charge is 2.24. The van der Waals surface area contributed by atoms with Gasteiger partial charge in [-0.1, -0.05) is 91.3 Å². The predicted octanol–water partition coefficient (Wildman–Crippen LogP) is 6.07. The molecule has 0 N–H and O–H groups in total. The topological polar surface area (TPSA) is 38.7 Å². The van der Waals surface area contributed by atoms with E-state index in [-0.39, 0.29) is 11.8 Å². The van der Waals surface area contributed by atoms with Gasteiger partial charge in [-0.2, -0.15) is 0 Å². The lowest BCUT2D eigenvalue weighted by Gasteiger charge is -2.20. The summed E-state index contributed by atoms with van der Waals surface area (Å²) in [7, 11) is 0. The molecule has 0 fully saturated rings. The van der Waals surface area contributed by atoms with E-state index in [0.717, 1.165) is 22.0 Å². The molecule has 1 aliphatic carbocycles. The van der Waals surface area contributed by atoms with Gasteiger partial charge in [0.15, 0.2) is 11.6 Å². The summed E-state index contributed by atoms with van der Waals surface area (Å²) in [4.78, 5) is 14.8. The van der Waals surface area contributed by atoms with Gasteiger partial charge in [0.1, 0.15) is 5.82 Å². The summed E-state index contributed by atoms with van der Waals surface area (Å²) in [5.41, 5.74) is 1.97. The Morgan fingerprint density at radius 3 is 2.03 bits per heavy atom. The van der Waals surface area contributed by atoms with Crippen LogP contribution in [0.4, 0.5) is 0 Å². The summed E-state index contributed by atoms with van der Waals surface area (Å²) >= 11 is 8.14. The molecule has 2 unspecified atom stereocenters. The summed E-state index contributed by atoms with van der Waals surface area (Å²) in [6, 6.07) is 26.3. The molecule has 0 saturated heterocycles. The van der Waals surface area contributed by atoms with Crippen LogP contribution in [-0.4, -0.2) is 15.0 Å². The second-order valence-electron chi connectivity index (χ2n) is 8.31. The third kappa shape index (κ3) is 3.75. The van der Waals surface area contributed by atoms with Crippen LogP contribution in [0.1, 0.15) is 18.7 Å². The largest absolute Gasteiger partial charge is 0.212 e. The quantitative estimate of drug-likeness (QED) is 0.324. The highest BCUT2D eigenvalue weighted by molar-refractivity contribution is 7.17. The van der Waals surface area contributed by atoms with Crippen molar-refractivity contribution in [2.75, 3.05) is 0 Å². The van der Waals surface area contributed by atoms with Crippen LogP contribution in [0.15, 0.2) is 78.9 Å². The van der Waals surface area contributed by atoms with E-state index in [0.29, 0.717) is 11.6 Å². The number of aromatic nitrogens is 3. The van der Waals surface area contributed by atoms with Gasteiger partial charge in [0.2, 0.25) is 0 Å². The molecule has 3 aromatic carbocycles. The highest BCUT2D eigenvalue weighted by Crippen LogP contribution is 2.31. The molecule has 0 radical (unpaired) electrons. The third-order valence-corrected chi connectivity index (χ3v) is 7.45. The van der Waals surface area contributed by atoms with Crippen molar-refractivity contribution in [1.82, 2.24) is 15.0 Å². The number of hydrogen-bond donors (Lipinski definition) is 0. The molecule has 2 heterocycles. The van der Waals surface area contributed by atoms with Crippen LogP contribution in [0.3, 0.4) is 0 Å². The molecule has 6 rings (SSSR count). The highest BCUT2D eigenvalue weighted by atomic mass is 35.5. The molecule has 0 saturated carbocycles. The number of nitrogens with zero attached hydrogens (tertiary/aromatic N) is 3. The van der Waals surface area contributed by atoms with Crippen molar-refractivity contribution >= 4 is 45.2 Å². The Hall–Kier alpha value is -3.34. The zero-order chi connectivity index (χ0) is 22.4. The van der Waals surface area contributed by atoms with Gasteiger partial charge in [0, 0.05) is 36.7 Å². The van der Waals surface area contributed by atoms with E-state index in [1.54, 1.807) is 0 Å². The summed E-state index contributed by atoms with van der Waals surface area (Å²) in [5.74, 6) is 2.49. The maximum absolute atomic E-state index is 6.32. The summed E-state index contributed by atoms with van der Waals surface area (Å²) < 4.78 is 2.53. The Balaban J connectivity index is 1.56. The van der Waals surface area contributed by atoms with E-state index in [1.165, 1.54) is 19.8 Å². The van der Waals surface area contributed by atoms with Crippen LogP contribution in [0.2, 0.25) is 5.02 Å². The minimum atomic E-state index is 0.0437. The van der Waals surface area contributed by atoms with Gasteiger partial charge in [0.05, 0.1) is 0 Å². The van der Waals surface area contributed by atoms with Crippen molar-refractivity contribution in [3.05, 3.63) is 99.5 Å². The van der Waals surface area contributed by atoms with E-state index in [4.69, 9.17) is 26.6 Å². The van der Waals surface area contributed by atoms with Gasteiger partial charge < -0.3 is 0 Å². The first kappa shape index (κ1) is 20.3. The van der Waals surface area contributed by atoms with Gasteiger partial charge in [-0.25, -0.2) is 15.0 Å². The van der Waals surface area contributed by atoms with E-state index in [1.807, 2.05) is 78.1 Å². The molecule has 2 aromatic heterocycles. The van der Waals surface area contributed by atoms with Gasteiger partial charge in [0.25, 0.3) is 0 Å². The van der Waals surface area contributed by atoms with Crippen LogP contribution in [0, 0.1) is 5.92 Å². The molecule has 2 atom stereocenters. The molecule has 33 heavy (non-hydrogen) atoms. The fourth-order valence-electron chi connectivity index (χ4n) is 4.36. The minimum Gasteiger partial charge on any atom is -0.212 e. The van der Waals surface area contributed by atoms with E-state index >= 15 is 0 Å². The molecule has 1 aliphatic rings. The summed E-state index contributed by atoms with van der Waals surface area (Å²) in [6.45, 7) is 2.23. The second kappa shape index (κ2) is 8.22. The van der Waals surface area contributed by atoms with Crippen LogP contribution in [0.25, 0.3) is 45.0 Å². The fraction of sp³-hybridized carbons (Fsp3) is 0.107. The molecular weight excluding hydrogens is 446 g/mol. The molecular formula is C28H20ClN3S. The lowest BCUT2D eigenvalue weighted by molar-refractivity contribution is 0.653. The number of hydrogen-bond acceptors (Lipinski definition) is 4. The standard InChI is InChI=1S/C28H20ClN3S/c1-17-14-25-23(22-15-20(29)12-13-24(22)33-25)16-21(17)28-31-26(18-8-4-2-5-9-18)30-27(32-28)19-10-6-3-7-11-19/h2-17,21H,1H3. The number of fused-ring (bicyclic) bond motifs is 3. The van der Waals surface area contributed by atoms with Gasteiger partial charge in [-0.05, 0) is 29.3 Å². The molecule has 160 valence electrons. The summed E-state index contributed by atoms with van der Waals surface area (Å²) in [6.07, 6.45) is 4.65. The lowest BCUT2D eigenvalue weighted by Crippen LogP contribution is -2.28. The maximum atomic E-state index is 6.32. The first-order chi connectivity index (χ1) is 16.2. The molecule has 0 spiro atoms. The molecule has 3 nitrogen and oxygen atoms in total. The zero-order valence-corrected chi connectivity index (χ0v) is 19.5. The number of thiophene rings is 1. The smallest absolute Gasteiger partial charge is 0.163 e. The number of halogens is 1. The van der Waals surface area contributed by atoms with Crippen LogP contribution in [0.5, 0.6) is 0 Å². The van der Waals surface area contributed by atoms with Crippen LogP contribution in [-0.2, 0) is 0 Å². The first-order valence-electron chi connectivity index (χ1n) is 10.9. The Morgan fingerprint density at radius 1 is 0.758 bits per heavy atom. The third-order valence-electron chi connectivity index (χ3n) is 6.06. The Labute approximate surface area is 200 Å². The number of rotatable bonds is 3. The van der Waals surface area contributed by atoms with E-state index in [2.05, 4.69) is 31.2 Å². The Bertz CT molecular complexity index is 1540. The maximum Gasteiger partial charge on any atom is 0.163 e. The average Bonchev–Trinajstić information content (AvgIpc) is 3.20. The summed E-state index contributed by atoms with van der Waals surface area (Å²) in [5, 5.41) is 3.17. The van der Waals surface area contributed by atoms with Crippen molar-refractivity contribution in [1.29, 1.82) is 0 Å². The van der Waals surface area contributed by atoms with Crippen molar-refractivity contribution in [2.24, 2.45) is 5.92 Å². The van der Waals surface area contributed by atoms with Gasteiger partial charge >= 0.3 is 0 Å². The SMILES string of the molecule is CC1C=c2sc3ccc(Cl)cc3c2=CC1c1nc(-c2ccccc2)nc(-c2ccccc2)n1. The van der Waals surface area contributed by atoms with E-state index < -0.39 is 0 Å². The van der Waals surface area contributed by atoms with Crippen molar-refractivity contribution in [3.63, 3.8) is 0 Å². The Morgan fingerprint density at radius 2 is 1.39 bits per heavy atom. The molecule has 0 amide bonds. The van der Waals surface area contributed by atoms with Crippen molar-refractivity contribution in [2.45, 2.75) is 12.8 Å². The predicted molar refractivity (Wildman–Crippen MR) is 138 cm³/mol. The molecule has 0 bridgehead atoms. The fourth-order valence-corrected chi connectivity index (χ4v) is 5.76. The second-order valence-corrected chi connectivity index (χ2v) is 9.83. The molecule has 5 heteroatoms. The van der Waals surface area contributed by atoms with Crippen molar-refractivity contribution in [3.8, 4) is 22.8 Å². The molecule has 5 aromatic rings. The monoisotopic (exact) mass is 465 g/mol. The average molecular weight is 466 g/mol. The minimum absolute atomic E-state index is 0.0437. The normalized spacial score (nSPS) is 17.3. The van der Waals surface area contributed by atoms with E-state index in [9.17, 15) is 0 Å². The van der Waals surface area contributed by atoms with Gasteiger partial charge in [-0.3, -0.25) is 0 Å². The van der Waals surface area contributed by atoms with Crippen molar-refractivity contribution < 1.29 is 0 Å². The first-order valence-corrected chi connectivity index (χ1v) is 12.1. The molecule has 0 aliphatic heterocycles. The Kier molecular flexibility index (Phi) is 5.05. The lowest BCUT2D eigenvalue weighted by atomic mass is 9.88. The van der Waals surface area contributed by atoms with Crippen LogP contribution >= 0.6 is 22.9 Å². The van der Waals surface area contributed by atoms with Crippen LogP contribution < -0.4 is 9.75 Å². The number of benzene rings is 3. The van der Waals surface area contributed by atoms with Gasteiger partial charge in [-0.15, -0.1) is 11.3 Å². The zero-order valence-electron chi connectivity index (χ0n) is 17.9.